The third-order valence-corrected chi connectivity index (χ3v) is 3.11. The Labute approximate surface area is 120 Å². The van der Waals surface area contributed by atoms with Crippen LogP contribution in [0.2, 0.25) is 5.02 Å². The number of benzene rings is 1. The van der Waals surface area contributed by atoms with Crippen LogP contribution in [0.5, 0.6) is 11.5 Å². The van der Waals surface area contributed by atoms with E-state index < -0.39 is 0 Å². The predicted octanol–water partition coefficient (Wildman–Crippen LogP) is 2.76. The monoisotopic (exact) mass is 290 g/mol. The fourth-order valence-corrected chi connectivity index (χ4v) is 2.11. The van der Waals surface area contributed by atoms with Gasteiger partial charge in [0.2, 0.25) is 0 Å². The minimum Gasteiger partial charge on any atom is -0.486 e. The van der Waals surface area contributed by atoms with Gasteiger partial charge in [0, 0.05) is 12.3 Å². The van der Waals surface area contributed by atoms with Gasteiger partial charge in [0.1, 0.15) is 13.2 Å². The molecule has 2 heterocycles. The SMILES string of the molecule is O=C(Nc1cccnc1)c1cc2c(cc1Cl)OCCO2. The Kier molecular flexibility index (Phi) is 3.43. The first-order valence-electron chi connectivity index (χ1n) is 6.04. The maximum absolute atomic E-state index is 12.2. The molecule has 0 radical (unpaired) electrons. The lowest BCUT2D eigenvalue weighted by Gasteiger charge is -2.19. The van der Waals surface area contributed by atoms with Crippen LogP contribution in [0.4, 0.5) is 5.69 Å². The first-order chi connectivity index (χ1) is 9.74. The average Bonchev–Trinajstić information content (AvgIpc) is 2.47. The molecule has 0 atom stereocenters. The molecule has 0 saturated heterocycles. The second kappa shape index (κ2) is 5.38. The Morgan fingerprint density at radius 3 is 2.70 bits per heavy atom. The number of amides is 1. The van der Waals surface area contributed by atoms with Crippen molar-refractivity contribution in [2.75, 3.05) is 18.5 Å². The number of ether oxygens (including phenoxy) is 2. The molecular weight excluding hydrogens is 280 g/mol. The summed E-state index contributed by atoms with van der Waals surface area (Å²) in [5.41, 5.74) is 0.934. The molecule has 1 aromatic carbocycles. The molecule has 1 amide bonds. The summed E-state index contributed by atoms with van der Waals surface area (Å²) in [5.74, 6) is 0.760. The van der Waals surface area contributed by atoms with E-state index in [1.807, 2.05) is 0 Å². The molecule has 3 rings (SSSR count). The molecule has 0 aliphatic carbocycles. The third kappa shape index (κ3) is 2.53. The standard InChI is InChI=1S/C14H11ClN2O3/c15-11-7-13-12(19-4-5-20-13)6-10(11)14(18)17-9-2-1-3-16-8-9/h1-3,6-8H,4-5H2,(H,17,18). The summed E-state index contributed by atoms with van der Waals surface area (Å²) in [6.45, 7) is 0.933. The zero-order valence-electron chi connectivity index (χ0n) is 10.4. The van der Waals surface area contributed by atoms with Crippen molar-refractivity contribution in [1.82, 2.24) is 4.98 Å². The number of hydrogen-bond donors (Lipinski definition) is 1. The fraction of sp³-hybridized carbons (Fsp3) is 0.143. The molecule has 1 aliphatic heterocycles. The van der Waals surface area contributed by atoms with Crippen LogP contribution in [0.15, 0.2) is 36.7 Å². The van der Waals surface area contributed by atoms with Gasteiger partial charge in [-0.05, 0) is 18.2 Å². The van der Waals surface area contributed by atoms with Crippen LogP contribution in [0.3, 0.4) is 0 Å². The molecule has 2 aromatic rings. The molecule has 5 nitrogen and oxygen atoms in total. The summed E-state index contributed by atoms with van der Waals surface area (Å²) >= 11 is 6.11. The maximum atomic E-state index is 12.2. The number of nitrogens with one attached hydrogen (secondary N) is 1. The average molecular weight is 291 g/mol. The van der Waals surface area contributed by atoms with Crippen molar-refractivity contribution < 1.29 is 14.3 Å². The summed E-state index contributed by atoms with van der Waals surface area (Å²) in [6, 6.07) is 6.66. The van der Waals surface area contributed by atoms with Crippen LogP contribution >= 0.6 is 11.6 Å². The Bertz CT molecular complexity index is 646. The second-order valence-electron chi connectivity index (χ2n) is 4.17. The molecule has 1 N–H and O–H groups in total. The molecule has 20 heavy (non-hydrogen) atoms. The summed E-state index contributed by atoms with van der Waals surface area (Å²) in [4.78, 5) is 16.1. The molecule has 6 heteroatoms. The first kappa shape index (κ1) is 12.7. The van der Waals surface area contributed by atoms with Gasteiger partial charge in [0.25, 0.3) is 5.91 Å². The Balaban J connectivity index is 1.88. The van der Waals surface area contributed by atoms with Crippen molar-refractivity contribution in [2.45, 2.75) is 0 Å². The largest absolute Gasteiger partial charge is 0.486 e. The van der Waals surface area contributed by atoms with Crippen molar-refractivity contribution in [3.05, 3.63) is 47.2 Å². The predicted molar refractivity (Wildman–Crippen MR) is 74.6 cm³/mol. The molecule has 102 valence electrons. The van der Waals surface area contributed by atoms with E-state index >= 15 is 0 Å². The minimum absolute atomic E-state index is 0.315. The highest BCUT2D eigenvalue weighted by atomic mass is 35.5. The third-order valence-electron chi connectivity index (χ3n) is 2.80. The van der Waals surface area contributed by atoms with Crippen LogP contribution in [-0.2, 0) is 0 Å². The number of pyridine rings is 1. The quantitative estimate of drug-likeness (QED) is 0.924. The zero-order valence-corrected chi connectivity index (χ0v) is 11.2. The van der Waals surface area contributed by atoms with Gasteiger partial charge in [-0.2, -0.15) is 0 Å². The van der Waals surface area contributed by atoms with Gasteiger partial charge in [-0.15, -0.1) is 0 Å². The number of anilines is 1. The van der Waals surface area contributed by atoms with Crippen LogP contribution in [-0.4, -0.2) is 24.1 Å². The maximum Gasteiger partial charge on any atom is 0.257 e. The number of halogens is 1. The van der Waals surface area contributed by atoms with E-state index in [4.69, 9.17) is 21.1 Å². The number of carbonyl (C=O) groups excluding carboxylic acids is 1. The number of aromatic nitrogens is 1. The van der Waals surface area contributed by atoms with Gasteiger partial charge in [0.05, 0.1) is 22.5 Å². The van der Waals surface area contributed by atoms with Gasteiger partial charge in [-0.1, -0.05) is 11.6 Å². The van der Waals surface area contributed by atoms with Crippen molar-refractivity contribution in [3.8, 4) is 11.5 Å². The number of hydrogen-bond acceptors (Lipinski definition) is 4. The number of nitrogens with zero attached hydrogens (tertiary/aromatic N) is 1. The Morgan fingerprint density at radius 1 is 1.25 bits per heavy atom. The van der Waals surface area contributed by atoms with Gasteiger partial charge in [-0.25, -0.2) is 0 Å². The second-order valence-corrected chi connectivity index (χ2v) is 4.58. The van der Waals surface area contributed by atoms with E-state index in [-0.39, 0.29) is 5.91 Å². The fourth-order valence-electron chi connectivity index (χ4n) is 1.87. The number of fused-ring (bicyclic) bond motifs is 1. The highest BCUT2D eigenvalue weighted by Gasteiger charge is 2.19. The van der Waals surface area contributed by atoms with Gasteiger partial charge in [0.15, 0.2) is 11.5 Å². The van der Waals surface area contributed by atoms with E-state index in [0.717, 1.165) is 0 Å². The lowest BCUT2D eigenvalue weighted by atomic mass is 10.1. The minimum atomic E-state index is -0.319. The van der Waals surface area contributed by atoms with Crippen LogP contribution in [0.25, 0.3) is 0 Å². The van der Waals surface area contributed by atoms with E-state index in [2.05, 4.69) is 10.3 Å². The highest BCUT2D eigenvalue weighted by molar-refractivity contribution is 6.34. The van der Waals surface area contributed by atoms with Crippen molar-refractivity contribution in [2.24, 2.45) is 0 Å². The topological polar surface area (TPSA) is 60.5 Å². The summed E-state index contributed by atoms with van der Waals surface area (Å²) < 4.78 is 10.8. The Morgan fingerprint density at radius 2 is 2.00 bits per heavy atom. The van der Waals surface area contributed by atoms with Gasteiger partial charge >= 0.3 is 0 Å². The smallest absolute Gasteiger partial charge is 0.257 e. The van der Waals surface area contributed by atoms with E-state index in [1.165, 1.54) is 0 Å². The number of carbonyl (C=O) groups is 1. The molecule has 1 aromatic heterocycles. The normalized spacial score (nSPS) is 12.8. The number of rotatable bonds is 2. The molecule has 0 unspecified atom stereocenters. The molecule has 0 spiro atoms. The molecule has 0 bridgehead atoms. The van der Waals surface area contributed by atoms with Gasteiger partial charge in [-0.3, -0.25) is 9.78 Å². The van der Waals surface area contributed by atoms with Crippen LogP contribution in [0, 0.1) is 0 Å². The van der Waals surface area contributed by atoms with E-state index in [0.29, 0.717) is 41.0 Å². The molecule has 1 aliphatic rings. The van der Waals surface area contributed by atoms with E-state index in [1.54, 1.807) is 36.7 Å². The van der Waals surface area contributed by atoms with Crippen molar-refractivity contribution in [1.29, 1.82) is 0 Å². The van der Waals surface area contributed by atoms with Gasteiger partial charge < -0.3 is 14.8 Å². The van der Waals surface area contributed by atoms with E-state index in [9.17, 15) is 4.79 Å². The highest BCUT2D eigenvalue weighted by Crippen LogP contribution is 2.35. The molecule has 0 saturated carbocycles. The van der Waals surface area contributed by atoms with Crippen LogP contribution in [0.1, 0.15) is 10.4 Å². The van der Waals surface area contributed by atoms with Crippen LogP contribution < -0.4 is 14.8 Å². The van der Waals surface area contributed by atoms with Crippen molar-refractivity contribution >= 4 is 23.2 Å². The lowest BCUT2D eigenvalue weighted by Crippen LogP contribution is -2.17. The Hall–Kier alpha value is -2.27. The van der Waals surface area contributed by atoms with Crippen molar-refractivity contribution in [3.63, 3.8) is 0 Å². The summed E-state index contributed by atoms with van der Waals surface area (Å²) in [6.07, 6.45) is 3.19. The zero-order chi connectivity index (χ0) is 13.9. The lowest BCUT2D eigenvalue weighted by molar-refractivity contribution is 0.102. The first-order valence-corrected chi connectivity index (χ1v) is 6.42. The molecular formula is C14H11ClN2O3. The molecule has 0 fully saturated rings. The summed E-state index contributed by atoms with van der Waals surface area (Å²) in [5, 5.41) is 3.04. The summed E-state index contributed by atoms with van der Waals surface area (Å²) in [7, 11) is 0.